The molecule has 1 heterocycles. The van der Waals surface area contributed by atoms with Crippen molar-refractivity contribution in [2.45, 2.75) is 18.3 Å². The van der Waals surface area contributed by atoms with Gasteiger partial charge in [0.25, 0.3) is 10.1 Å². The second-order valence-electron chi connectivity index (χ2n) is 6.67. The molecule has 0 amide bonds. The fourth-order valence-corrected chi connectivity index (χ4v) is 4.52. The summed E-state index contributed by atoms with van der Waals surface area (Å²) < 4.78 is 32.3. The molecule has 0 unspecified atom stereocenters. The molecule has 0 bridgehead atoms. The average molecular weight is 394 g/mol. The molecule has 1 aromatic rings. The van der Waals surface area contributed by atoms with Gasteiger partial charge in [-0.25, -0.2) is 0 Å². The van der Waals surface area contributed by atoms with Crippen molar-refractivity contribution >= 4 is 33.3 Å². The van der Waals surface area contributed by atoms with Crippen LogP contribution in [0.5, 0.6) is 0 Å². The van der Waals surface area contributed by atoms with Crippen LogP contribution in [0.2, 0.25) is 10.0 Å². The minimum absolute atomic E-state index is 0.0213. The van der Waals surface area contributed by atoms with E-state index in [9.17, 15) is 8.42 Å². The normalized spacial score (nSPS) is 29.3. The van der Waals surface area contributed by atoms with Crippen molar-refractivity contribution in [1.82, 2.24) is 5.32 Å². The molecule has 24 heavy (non-hydrogen) atoms. The molecule has 0 radical (unpaired) electrons. The van der Waals surface area contributed by atoms with Crippen molar-refractivity contribution in [2.24, 2.45) is 5.41 Å². The monoisotopic (exact) mass is 393 g/mol. The van der Waals surface area contributed by atoms with Gasteiger partial charge < -0.3 is 10.1 Å². The van der Waals surface area contributed by atoms with Crippen LogP contribution in [0.4, 0.5) is 0 Å². The summed E-state index contributed by atoms with van der Waals surface area (Å²) in [6, 6.07) is 5.86. The zero-order valence-electron chi connectivity index (χ0n) is 13.5. The van der Waals surface area contributed by atoms with E-state index >= 15 is 0 Å². The minimum Gasteiger partial charge on any atom is -0.378 e. The lowest BCUT2D eigenvalue weighted by Crippen LogP contribution is -2.41. The molecule has 2 aliphatic rings. The van der Waals surface area contributed by atoms with Gasteiger partial charge in [0.2, 0.25) is 0 Å². The Labute approximate surface area is 152 Å². The Morgan fingerprint density at radius 2 is 2.04 bits per heavy atom. The lowest BCUT2D eigenvalue weighted by molar-refractivity contribution is 0.0547. The summed E-state index contributed by atoms with van der Waals surface area (Å²) in [5.41, 5.74) is 1.28. The smallest absolute Gasteiger partial charge is 0.264 e. The molecule has 2 atom stereocenters. The molecule has 2 fully saturated rings. The third kappa shape index (κ3) is 3.59. The first-order valence-electron chi connectivity index (χ1n) is 7.87. The molecule has 1 N–H and O–H groups in total. The lowest BCUT2D eigenvalue weighted by atomic mass is 9.81. The van der Waals surface area contributed by atoms with Crippen LogP contribution in [0.25, 0.3) is 0 Å². The highest BCUT2D eigenvalue weighted by Crippen LogP contribution is 2.67. The van der Waals surface area contributed by atoms with Crippen molar-refractivity contribution < 1.29 is 17.3 Å². The molecule has 1 saturated carbocycles. The second kappa shape index (κ2) is 6.74. The third-order valence-corrected chi connectivity index (χ3v) is 6.43. The van der Waals surface area contributed by atoms with Gasteiger partial charge in [-0.05, 0) is 37.1 Å². The number of nitrogens with one attached hydrogen (secondary N) is 1. The number of hydrogen-bond donors (Lipinski definition) is 1. The third-order valence-electron chi connectivity index (χ3n) is 5.10. The first kappa shape index (κ1) is 18.4. The van der Waals surface area contributed by atoms with Gasteiger partial charge in [-0.1, -0.05) is 29.3 Å². The van der Waals surface area contributed by atoms with Crippen LogP contribution in [0.15, 0.2) is 18.2 Å². The predicted octanol–water partition coefficient (Wildman–Crippen LogP) is 2.61. The molecule has 8 heteroatoms. The summed E-state index contributed by atoms with van der Waals surface area (Å²) in [4.78, 5) is 0. The highest BCUT2D eigenvalue weighted by Gasteiger charge is 2.68. The highest BCUT2D eigenvalue weighted by atomic mass is 35.5. The van der Waals surface area contributed by atoms with Gasteiger partial charge >= 0.3 is 0 Å². The zero-order chi connectivity index (χ0) is 17.4. The van der Waals surface area contributed by atoms with E-state index in [2.05, 4.69) is 5.32 Å². The SMILES string of the molecule is CS(=O)(=O)OCCOC[C@@]12CNCC[C@]1(c1ccc(Cl)c(Cl)c1)C2. The van der Waals surface area contributed by atoms with Gasteiger partial charge in [-0.15, -0.1) is 0 Å². The molecule has 5 nitrogen and oxygen atoms in total. The topological polar surface area (TPSA) is 64.6 Å². The van der Waals surface area contributed by atoms with Gasteiger partial charge in [-0.3, -0.25) is 4.18 Å². The van der Waals surface area contributed by atoms with E-state index in [1.54, 1.807) is 0 Å². The maximum absolute atomic E-state index is 11.0. The number of piperidine rings is 1. The van der Waals surface area contributed by atoms with E-state index in [0.717, 1.165) is 32.2 Å². The Bertz CT molecular complexity index is 727. The summed E-state index contributed by atoms with van der Waals surface area (Å²) >= 11 is 12.2. The molecular formula is C16H21Cl2NO4S. The predicted molar refractivity (Wildman–Crippen MR) is 94.3 cm³/mol. The Morgan fingerprint density at radius 3 is 2.75 bits per heavy atom. The van der Waals surface area contributed by atoms with Gasteiger partial charge in [-0.2, -0.15) is 8.42 Å². The Balaban J connectivity index is 1.65. The van der Waals surface area contributed by atoms with Crippen LogP contribution >= 0.6 is 23.2 Å². The van der Waals surface area contributed by atoms with E-state index in [4.69, 9.17) is 32.1 Å². The maximum Gasteiger partial charge on any atom is 0.264 e. The van der Waals surface area contributed by atoms with E-state index in [-0.39, 0.29) is 24.0 Å². The van der Waals surface area contributed by atoms with Gasteiger partial charge in [0.1, 0.15) is 0 Å². The fourth-order valence-electron chi connectivity index (χ4n) is 3.85. The van der Waals surface area contributed by atoms with Crippen molar-refractivity contribution in [1.29, 1.82) is 0 Å². The summed E-state index contributed by atoms with van der Waals surface area (Å²) in [5.74, 6) is 0. The molecule has 1 aliphatic carbocycles. The second-order valence-corrected chi connectivity index (χ2v) is 9.13. The van der Waals surface area contributed by atoms with E-state index in [1.165, 1.54) is 5.56 Å². The average Bonchev–Trinajstić information content (AvgIpc) is 3.19. The lowest BCUT2D eigenvalue weighted by Gasteiger charge is -2.32. The largest absolute Gasteiger partial charge is 0.378 e. The summed E-state index contributed by atoms with van der Waals surface area (Å²) in [7, 11) is -3.42. The summed E-state index contributed by atoms with van der Waals surface area (Å²) in [6.45, 7) is 2.70. The van der Waals surface area contributed by atoms with Crippen molar-refractivity contribution in [3.05, 3.63) is 33.8 Å². The molecule has 0 aromatic heterocycles. The first-order chi connectivity index (χ1) is 11.3. The Hall–Kier alpha value is -0.370. The Morgan fingerprint density at radius 1 is 1.25 bits per heavy atom. The molecule has 134 valence electrons. The standard InChI is InChI=1S/C16H21Cl2NO4S/c1-24(20,21)23-7-6-22-11-15-9-16(15,4-5-19-10-15)12-2-3-13(17)14(18)8-12/h2-3,8,19H,4-7,9-11H2,1H3/t15-,16-/m1/s1. The summed E-state index contributed by atoms with van der Waals surface area (Å²) in [5, 5.41) is 4.57. The van der Waals surface area contributed by atoms with E-state index in [1.807, 2.05) is 18.2 Å². The number of ether oxygens (including phenoxy) is 1. The van der Waals surface area contributed by atoms with Crippen molar-refractivity contribution in [3.8, 4) is 0 Å². The quantitative estimate of drug-likeness (QED) is 0.569. The number of benzene rings is 1. The molecule has 1 aliphatic heterocycles. The van der Waals surface area contributed by atoms with Crippen LogP contribution < -0.4 is 5.32 Å². The molecular weight excluding hydrogens is 373 g/mol. The molecule has 1 saturated heterocycles. The Kier molecular flexibility index (Phi) is 5.17. The fraction of sp³-hybridized carbons (Fsp3) is 0.625. The number of rotatable bonds is 7. The van der Waals surface area contributed by atoms with Crippen LogP contribution in [0, 0.1) is 5.41 Å². The van der Waals surface area contributed by atoms with Gasteiger partial charge in [0.05, 0.1) is 36.1 Å². The van der Waals surface area contributed by atoms with Gasteiger partial charge in [0.15, 0.2) is 0 Å². The van der Waals surface area contributed by atoms with Crippen LogP contribution in [0.3, 0.4) is 0 Å². The van der Waals surface area contributed by atoms with Crippen LogP contribution in [-0.4, -0.2) is 47.6 Å². The number of hydrogen-bond acceptors (Lipinski definition) is 5. The highest BCUT2D eigenvalue weighted by molar-refractivity contribution is 7.85. The van der Waals surface area contributed by atoms with Crippen LogP contribution in [-0.2, 0) is 24.5 Å². The maximum atomic E-state index is 11.0. The zero-order valence-corrected chi connectivity index (χ0v) is 15.8. The molecule has 0 spiro atoms. The van der Waals surface area contributed by atoms with Crippen LogP contribution in [0.1, 0.15) is 18.4 Å². The molecule has 3 rings (SSSR count). The summed E-state index contributed by atoms with van der Waals surface area (Å²) in [6.07, 6.45) is 3.08. The number of halogens is 2. The van der Waals surface area contributed by atoms with Crippen molar-refractivity contribution in [2.75, 3.05) is 39.2 Å². The van der Waals surface area contributed by atoms with E-state index in [0.29, 0.717) is 16.7 Å². The van der Waals surface area contributed by atoms with E-state index < -0.39 is 10.1 Å². The van der Waals surface area contributed by atoms with Gasteiger partial charge in [0, 0.05) is 17.4 Å². The first-order valence-corrected chi connectivity index (χ1v) is 10.4. The minimum atomic E-state index is -3.42. The molecule has 1 aromatic carbocycles. The van der Waals surface area contributed by atoms with Crippen molar-refractivity contribution in [3.63, 3.8) is 0 Å². The number of fused-ring (bicyclic) bond motifs is 1.